The van der Waals surface area contributed by atoms with Crippen LogP contribution in [0.15, 0.2) is 35.1 Å². The molecule has 0 unspecified atom stereocenters. The number of ketones is 2. The van der Waals surface area contributed by atoms with E-state index in [2.05, 4.69) is 0 Å². The standard InChI is InChI=1S/C22H24N2O9.Li.H2O4S.H/c1-21(32)7-5-4-6-8(25)9(7)15(26)10-12(21)17(28)13-14(24(2)3)16(27)11(20(23)31)19(30)22(13,33)18(10)29;;1-5(2,3)4;/h4-6,12-14,17,25-26,28,30,32-33H,1-3H3,(H2,23,31);;(H2,1,2,3,4);/q;+1;;-1/t12-,13-,14+,17+,21-,22+;;;/m1.../s1. The van der Waals surface area contributed by atoms with Gasteiger partial charge in [0.05, 0.1) is 40.7 Å². The van der Waals surface area contributed by atoms with Gasteiger partial charge in [0.1, 0.15) is 22.8 Å². The second-order valence-electron chi connectivity index (χ2n) is 9.51. The molecule has 17 heteroatoms. The number of fused-ring (bicyclic) bond motifs is 3. The van der Waals surface area contributed by atoms with E-state index in [1.807, 2.05) is 0 Å². The number of nitrogens with zero attached hydrogens (tertiary/aromatic N) is 1. The predicted molar refractivity (Wildman–Crippen MR) is 127 cm³/mol. The first-order chi connectivity index (χ1) is 17.2. The molecule has 0 saturated heterocycles. The number of carbonyl (C=O) groups excluding carboxylic acids is 3. The van der Waals surface area contributed by atoms with E-state index in [-0.39, 0.29) is 31.4 Å². The second-order valence-corrected chi connectivity index (χ2v) is 10.4. The van der Waals surface area contributed by atoms with Gasteiger partial charge in [0.2, 0.25) is 5.78 Å². The Balaban J connectivity index is 0.00000105. The van der Waals surface area contributed by atoms with Crippen molar-refractivity contribution < 1.29 is 82.8 Å². The average molecular weight is 566 g/mol. The minimum Gasteiger partial charge on any atom is -1.00 e. The van der Waals surface area contributed by atoms with Crippen LogP contribution in [0.2, 0.25) is 0 Å². The number of primary amides is 1. The SMILES string of the molecule is CN(C)[C@@H]1C(=O)C(C(N)=O)=C(O)[C@@]2(O)C(=O)C3=C(O)c4c(O)cccc4[C@@](C)(O)[C@H]3[C@H](O)[C@@H]12.O=S(=O)(O)O.[H-].[Li+]. The molecule has 1 saturated carbocycles. The Labute approximate surface area is 235 Å². The van der Waals surface area contributed by atoms with Crippen molar-refractivity contribution in [1.82, 2.24) is 4.90 Å². The summed E-state index contributed by atoms with van der Waals surface area (Å²) in [5.41, 5.74) is -1.78. The number of phenols is 1. The van der Waals surface area contributed by atoms with E-state index >= 15 is 0 Å². The maximum Gasteiger partial charge on any atom is 1.00 e. The first-order valence-corrected chi connectivity index (χ1v) is 12.2. The number of benzene rings is 1. The van der Waals surface area contributed by atoms with E-state index in [0.29, 0.717) is 0 Å². The number of hydrogen-bond donors (Lipinski definition) is 9. The molecule has 1 aromatic rings. The third kappa shape index (κ3) is 4.88. The van der Waals surface area contributed by atoms with Crippen LogP contribution in [0.25, 0.3) is 5.76 Å². The van der Waals surface area contributed by atoms with E-state index in [1.165, 1.54) is 44.1 Å². The van der Waals surface area contributed by atoms with Crippen LogP contribution in [-0.4, -0.2) is 102 Å². The van der Waals surface area contributed by atoms with Gasteiger partial charge in [0.25, 0.3) is 5.91 Å². The average Bonchev–Trinajstić information content (AvgIpc) is 2.75. The Morgan fingerprint density at radius 3 is 2.08 bits per heavy atom. The fraction of sp³-hybridized carbons (Fsp3) is 0.409. The molecule has 0 heterocycles. The number of amides is 1. The molecular weight excluding hydrogens is 539 g/mol. The van der Waals surface area contributed by atoms with Crippen molar-refractivity contribution in [2.45, 2.75) is 30.3 Å². The molecule has 0 radical (unpaired) electrons. The summed E-state index contributed by atoms with van der Waals surface area (Å²) in [6, 6.07) is 2.50. The summed E-state index contributed by atoms with van der Waals surface area (Å²) in [6.07, 6.45) is -1.87. The molecule has 0 bridgehead atoms. The fourth-order valence-electron chi connectivity index (χ4n) is 5.60. The third-order valence-electron chi connectivity index (χ3n) is 7.03. The number of phenolic OH excluding ortho intramolecular Hbond substituents is 1. The summed E-state index contributed by atoms with van der Waals surface area (Å²) in [5, 5.41) is 66.3. The molecule has 0 aromatic heterocycles. The van der Waals surface area contributed by atoms with Crippen molar-refractivity contribution in [2.75, 3.05) is 14.1 Å². The number of hydrogen-bond acceptors (Lipinski definition) is 12. The van der Waals surface area contributed by atoms with Crippen molar-refractivity contribution in [2.24, 2.45) is 17.6 Å². The van der Waals surface area contributed by atoms with Crippen LogP contribution in [-0.2, 0) is 30.4 Å². The molecule has 3 aliphatic carbocycles. The third-order valence-corrected chi connectivity index (χ3v) is 7.03. The maximum absolute atomic E-state index is 13.7. The van der Waals surface area contributed by atoms with Crippen LogP contribution < -0.4 is 24.6 Å². The molecule has 210 valence electrons. The maximum atomic E-state index is 13.7. The summed E-state index contributed by atoms with van der Waals surface area (Å²) in [7, 11) is -1.87. The summed E-state index contributed by atoms with van der Waals surface area (Å²) in [4.78, 5) is 39.9. The molecule has 1 amide bonds. The van der Waals surface area contributed by atoms with Gasteiger partial charge in [-0.25, -0.2) is 0 Å². The van der Waals surface area contributed by atoms with E-state index in [4.69, 9.17) is 23.3 Å². The Kier molecular flexibility index (Phi) is 8.58. The predicted octanol–water partition coefficient (Wildman–Crippen LogP) is -4.94. The molecule has 0 spiro atoms. The first-order valence-electron chi connectivity index (χ1n) is 10.8. The van der Waals surface area contributed by atoms with Gasteiger partial charge in [-0.2, -0.15) is 8.42 Å². The van der Waals surface area contributed by atoms with Gasteiger partial charge in [0, 0.05) is 0 Å². The van der Waals surface area contributed by atoms with Crippen LogP contribution in [0.3, 0.4) is 0 Å². The van der Waals surface area contributed by atoms with Crippen molar-refractivity contribution >= 4 is 33.6 Å². The summed E-state index contributed by atoms with van der Waals surface area (Å²) in [5.74, 6) is -9.67. The van der Waals surface area contributed by atoms with Crippen LogP contribution >= 0.6 is 0 Å². The monoisotopic (exact) mass is 566 g/mol. The number of rotatable bonds is 2. The minimum absolute atomic E-state index is 0. The number of likely N-dealkylation sites (N-methyl/N-ethyl adjacent to an activating group) is 1. The molecule has 39 heavy (non-hydrogen) atoms. The Morgan fingerprint density at radius 2 is 1.62 bits per heavy atom. The molecule has 0 aliphatic heterocycles. The molecule has 6 atom stereocenters. The number of aromatic hydroxyl groups is 1. The Hall–Kier alpha value is -2.78. The second kappa shape index (κ2) is 10.3. The van der Waals surface area contributed by atoms with Crippen LogP contribution in [0.1, 0.15) is 19.5 Å². The zero-order valence-corrected chi connectivity index (χ0v) is 21.9. The Bertz CT molecular complexity index is 1420. The van der Waals surface area contributed by atoms with Gasteiger partial charge in [0.15, 0.2) is 11.4 Å². The van der Waals surface area contributed by atoms with E-state index < -0.39 is 91.5 Å². The molecule has 3 aliphatic rings. The fourth-order valence-corrected chi connectivity index (χ4v) is 5.60. The number of Topliss-reactive ketones (excluding diaryl/α,β-unsaturated/α-hetero) is 2. The van der Waals surface area contributed by atoms with Crippen molar-refractivity contribution in [3.63, 3.8) is 0 Å². The number of aliphatic hydroxyl groups excluding tert-OH is 3. The van der Waals surface area contributed by atoms with Gasteiger partial charge in [-0.15, -0.1) is 0 Å². The topological polar surface area (TPSA) is 276 Å². The van der Waals surface area contributed by atoms with Crippen molar-refractivity contribution in [1.29, 1.82) is 0 Å². The first kappa shape index (κ1) is 32.4. The zero-order chi connectivity index (χ0) is 29.3. The van der Waals surface area contributed by atoms with Crippen LogP contribution in [0.4, 0.5) is 0 Å². The molecule has 10 N–H and O–H groups in total. The molecule has 1 aromatic carbocycles. The number of carbonyl (C=O) groups is 3. The van der Waals surface area contributed by atoms with E-state index in [9.17, 15) is 45.0 Å². The zero-order valence-electron chi connectivity index (χ0n) is 22.1. The van der Waals surface area contributed by atoms with Gasteiger partial charge >= 0.3 is 29.3 Å². The van der Waals surface area contributed by atoms with Crippen LogP contribution in [0.5, 0.6) is 5.75 Å². The van der Waals surface area contributed by atoms with Gasteiger partial charge in [-0.3, -0.25) is 28.4 Å². The van der Waals surface area contributed by atoms with E-state index in [0.717, 1.165) is 0 Å². The Morgan fingerprint density at radius 1 is 1.10 bits per heavy atom. The summed E-state index contributed by atoms with van der Waals surface area (Å²) >= 11 is 0. The molecule has 15 nitrogen and oxygen atoms in total. The van der Waals surface area contributed by atoms with Crippen LogP contribution in [0, 0.1) is 11.8 Å². The normalized spacial score (nSPS) is 31.9. The van der Waals surface area contributed by atoms with Gasteiger partial charge in [-0.05, 0) is 32.6 Å². The van der Waals surface area contributed by atoms with E-state index in [1.54, 1.807) is 0 Å². The largest absolute Gasteiger partial charge is 1.00 e. The van der Waals surface area contributed by atoms with Crippen molar-refractivity contribution in [3.05, 3.63) is 46.2 Å². The molecular formula is C22H27LiN2O13S. The quantitative estimate of drug-likeness (QED) is 0.0922. The molecule has 1 fully saturated rings. The molecule has 4 rings (SSSR count). The minimum atomic E-state index is -4.67. The summed E-state index contributed by atoms with van der Waals surface area (Å²) in [6.45, 7) is 1.25. The van der Waals surface area contributed by atoms with Gasteiger partial charge in [-0.1, -0.05) is 12.1 Å². The number of aliphatic hydroxyl groups is 5. The number of nitrogens with two attached hydrogens (primary N) is 1. The van der Waals surface area contributed by atoms with Crippen molar-refractivity contribution in [3.8, 4) is 5.75 Å². The van der Waals surface area contributed by atoms with Gasteiger partial charge < -0.3 is 37.8 Å². The smallest absolute Gasteiger partial charge is 1.00 e. The summed E-state index contributed by atoms with van der Waals surface area (Å²) < 4.78 is 31.6.